The first-order chi connectivity index (χ1) is 14.0. The zero-order valence-corrected chi connectivity index (χ0v) is 18.5. The third-order valence-corrected chi connectivity index (χ3v) is 7.51. The second-order valence-corrected chi connectivity index (χ2v) is 10.9. The van der Waals surface area contributed by atoms with Crippen LogP contribution in [0.1, 0.15) is 32.2 Å². The van der Waals surface area contributed by atoms with E-state index < -0.39 is 38.4 Å². The molecule has 2 aromatic rings. The number of imidazole rings is 1. The van der Waals surface area contributed by atoms with E-state index in [1.165, 1.54) is 7.11 Å². The summed E-state index contributed by atoms with van der Waals surface area (Å²) in [5.74, 6) is -1.83. The lowest BCUT2D eigenvalue weighted by atomic mass is 9.99. The summed E-state index contributed by atoms with van der Waals surface area (Å²) in [7, 11) is -2.34. The van der Waals surface area contributed by atoms with Crippen LogP contribution in [0.5, 0.6) is 0 Å². The molecule has 1 aromatic heterocycles. The lowest BCUT2D eigenvalue weighted by molar-refractivity contribution is -0.145. The number of benzene rings is 1. The van der Waals surface area contributed by atoms with Crippen LogP contribution >= 0.6 is 0 Å². The van der Waals surface area contributed by atoms with Gasteiger partial charge in [0, 0.05) is 18.8 Å². The van der Waals surface area contributed by atoms with Crippen molar-refractivity contribution in [2.45, 2.75) is 44.4 Å². The Balaban J connectivity index is 2.26. The van der Waals surface area contributed by atoms with Crippen LogP contribution in [-0.2, 0) is 37.0 Å². The largest absolute Gasteiger partial charge is 0.467 e. The second-order valence-electron chi connectivity index (χ2n) is 8.10. The zero-order chi connectivity index (χ0) is 22.4. The summed E-state index contributed by atoms with van der Waals surface area (Å²) in [6, 6.07) is 8.20. The molecule has 1 amide bonds. The molecule has 2 N–H and O–H groups in total. The highest BCUT2D eigenvalue weighted by atomic mass is 32.2. The molecule has 30 heavy (non-hydrogen) atoms. The minimum Gasteiger partial charge on any atom is -0.467 e. The third-order valence-electron chi connectivity index (χ3n) is 4.80. The predicted octanol–water partition coefficient (Wildman–Crippen LogP) is 1.68. The Bertz CT molecular complexity index is 935. The summed E-state index contributed by atoms with van der Waals surface area (Å²) >= 11 is 0. The van der Waals surface area contributed by atoms with Gasteiger partial charge in [-0.3, -0.25) is 4.79 Å². The number of methoxy groups -OCH3 is 1. The van der Waals surface area contributed by atoms with E-state index in [4.69, 9.17) is 4.74 Å². The minimum absolute atomic E-state index is 0.107. The van der Waals surface area contributed by atoms with Crippen LogP contribution in [0.2, 0.25) is 0 Å². The average Bonchev–Trinajstić information content (AvgIpc) is 3.19. The highest BCUT2D eigenvalue weighted by Gasteiger charge is 2.36. The van der Waals surface area contributed by atoms with Crippen molar-refractivity contribution in [2.75, 3.05) is 12.9 Å². The second kappa shape index (κ2) is 9.88. The normalized spacial score (nSPS) is 14.0. The van der Waals surface area contributed by atoms with Crippen molar-refractivity contribution in [2.24, 2.45) is 5.92 Å². The van der Waals surface area contributed by atoms with E-state index in [-0.39, 0.29) is 18.6 Å². The number of amides is 1. The number of aromatic amines is 1. The molecule has 0 aliphatic heterocycles. The smallest absolute Gasteiger partial charge is 0.328 e. The number of esters is 1. The van der Waals surface area contributed by atoms with Gasteiger partial charge in [0.1, 0.15) is 11.9 Å². The molecule has 0 radical (unpaired) electrons. The molecule has 0 saturated carbocycles. The SMILES string of the molecule is COC(=O)[C@H](Cc1ncc[nH]1)NC(=O)[C@H](Cc1ccccc1)CS(=O)(=O)C(C)(C)C. The summed E-state index contributed by atoms with van der Waals surface area (Å²) in [5.41, 5.74) is 0.836. The number of nitrogens with one attached hydrogen (secondary N) is 2. The van der Waals surface area contributed by atoms with Crippen LogP contribution in [0.25, 0.3) is 0 Å². The van der Waals surface area contributed by atoms with E-state index in [1.807, 2.05) is 30.3 Å². The first kappa shape index (κ1) is 23.6. The standard InChI is InChI=1S/C21H29N3O5S/c1-21(2,3)30(27,28)14-16(12-15-8-6-5-7-9-15)19(25)24-17(20(26)29-4)13-18-22-10-11-23-18/h5-11,16-17H,12-14H2,1-4H3,(H,22,23)(H,24,25)/t16-,17+/m1/s1. The fourth-order valence-electron chi connectivity index (χ4n) is 2.87. The fourth-order valence-corrected chi connectivity index (χ4v) is 4.17. The number of ether oxygens (including phenoxy) is 1. The Morgan fingerprint density at radius 2 is 1.83 bits per heavy atom. The number of H-pyrrole nitrogens is 1. The van der Waals surface area contributed by atoms with E-state index in [1.54, 1.807) is 33.2 Å². The van der Waals surface area contributed by atoms with Gasteiger partial charge in [0.15, 0.2) is 9.84 Å². The monoisotopic (exact) mass is 435 g/mol. The van der Waals surface area contributed by atoms with E-state index in [2.05, 4.69) is 15.3 Å². The Hall–Kier alpha value is -2.68. The molecule has 8 nitrogen and oxygen atoms in total. The number of aromatic nitrogens is 2. The van der Waals surface area contributed by atoms with E-state index >= 15 is 0 Å². The molecule has 0 aliphatic rings. The number of nitrogens with zero attached hydrogens (tertiary/aromatic N) is 1. The molecule has 164 valence electrons. The summed E-state index contributed by atoms with van der Waals surface area (Å²) in [5, 5.41) is 2.66. The van der Waals surface area contributed by atoms with Crippen LogP contribution in [-0.4, -0.2) is 53.9 Å². The third kappa shape index (κ3) is 6.41. The van der Waals surface area contributed by atoms with Crippen molar-refractivity contribution >= 4 is 21.7 Å². The van der Waals surface area contributed by atoms with E-state index in [9.17, 15) is 18.0 Å². The first-order valence-electron chi connectivity index (χ1n) is 9.66. The molecule has 1 aromatic carbocycles. The number of carbonyl (C=O) groups excluding carboxylic acids is 2. The van der Waals surface area contributed by atoms with Gasteiger partial charge in [-0.25, -0.2) is 18.2 Å². The van der Waals surface area contributed by atoms with Crippen molar-refractivity contribution in [1.29, 1.82) is 0 Å². The van der Waals surface area contributed by atoms with Crippen LogP contribution in [0.4, 0.5) is 0 Å². The lowest BCUT2D eigenvalue weighted by Gasteiger charge is -2.25. The average molecular weight is 436 g/mol. The van der Waals surface area contributed by atoms with Gasteiger partial charge in [0.25, 0.3) is 0 Å². The molecule has 0 bridgehead atoms. The zero-order valence-electron chi connectivity index (χ0n) is 17.7. The van der Waals surface area contributed by atoms with Gasteiger partial charge in [-0.2, -0.15) is 0 Å². The molecule has 2 rings (SSSR count). The van der Waals surface area contributed by atoms with Crippen molar-refractivity contribution in [3.63, 3.8) is 0 Å². The molecule has 0 spiro atoms. The Kier molecular flexibility index (Phi) is 7.77. The fraction of sp³-hybridized carbons (Fsp3) is 0.476. The quantitative estimate of drug-likeness (QED) is 0.579. The Morgan fingerprint density at radius 3 is 2.37 bits per heavy atom. The molecular formula is C21H29N3O5S. The topological polar surface area (TPSA) is 118 Å². The Morgan fingerprint density at radius 1 is 1.17 bits per heavy atom. The summed E-state index contributed by atoms with van der Waals surface area (Å²) in [4.78, 5) is 32.3. The highest BCUT2D eigenvalue weighted by molar-refractivity contribution is 7.92. The molecule has 9 heteroatoms. The summed E-state index contributed by atoms with van der Waals surface area (Å²) < 4.78 is 29.4. The summed E-state index contributed by atoms with van der Waals surface area (Å²) in [6.45, 7) is 4.82. The van der Waals surface area contributed by atoms with Gasteiger partial charge >= 0.3 is 5.97 Å². The molecule has 2 atom stereocenters. The van der Waals surface area contributed by atoms with Gasteiger partial charge in [-0.1, -0.05) is 30.3 Å². The molecule has 0 fully saturated rings. The van der Waals surface area contributed by atoms with E-state index in [0.29, 0.717) is 5.82 Å². The molecule has 1 heterocycles. The minimum atomic E-state index is -3.57. The van der Waals surface area contributed by atoms with Gasteiger partial charge in [0.05, 0.1) is 23.5 Å². The first-order valence-corrected chi connectivity index (χ1v) is 11.3. The lowest BCUT2D eigenvalue weighted by Crippen LogP contribution is -2.48. The van der Waals surface area contributed by atoms with E-state index in [0.717, 1.165) is 5.56 Å². The summed E-state index contributed by atoms with van der Waals surface area (Å²) in [6.07, 6.45) is 3.49. The predicted molar refractivity (Wildman–Crippen MR) is 113 cm³/mol. The maximum absolute atomic E-state index is 13.1. The van der Waals surface area contributed by atoms with Crippen molar-refractivity contribution in [3.8, 4) is 0 Å². The highest BCUT2D eigenvalue weighted by Crippen LogP contribution is 2.21. The number of hydrogen-bond donors (Lipinski definition) is 2. The van der Waals surface area contributed by atoms with Crippen LogP contribution in [0, 0.1) is 5.92 Å². The van der Waals surface area contributed by atoms with Crippen LogP contribution < -0.4 is 5.32 Å². The van der Waals surface area contributed by atoms with Crippen molar-refractivity contribution in [3.05, 3.63) is 54.1 Å². The van der Waals surface area contributed by atoms with Crippen molar-refractivity contribution < 1.29 is 22.7 Å². The Labute approximate surface area is 177 Å². The molecule has 0 unspecified atom stereocenters. The maximum Gasteiger partial charge on any atom is 0.328 e. The molecule has 0 saturated heterocycles. The van der Waals surface area contributed by atoms with Gasteiger partial charge < -0.3 is 15.0 Å². The number of carbonyl (C=O) groups is 2. The maximum atomic E-state index is 13.1. The molecule has 0 aliphatic carbocycles. The van der Waals surface area contributed by atoms with Crippen molar-refractivity contribution in [1.82, 2.24) is 15.3 Å². The van der Waals surface area contributed by atoms with Crippen LogP contribution in [0.15, 0.2) is 42.7 Å². The van der Waals surface area contributed by atoms with Crippen LogP contribution in [0.3, 0.4) is 0 Å². The molecular weight excluding hydrogens is 406 g/mol. The number of hydrogen-bond acceptors (Lipinski definition) is 6. The van der Waals surface area contributed by atoms with Gasteiger partial charge in [-0.05, 0) is 32.8 Å². The van der Waals surface area contributed by atoms with Gasteiger partial charge in [-0.15, -0.1) is 0 Å². The number of rotatable bonds is 9. The number of sulfone groups is 1. The van der Waals surface area contributed by atoms with Gasteiger partial charge in [0.2, 0.25) is 5.91 Å².